The second-order valence-electron chi connectivity index (χ2n) is 4.37. The van der Waals surface area contributed by atoms with Crippen LogP contribution in [0.4, 0.5) is 0 Å². The summed E-state index contributed by atoms with van der Waals surface area (Å²) in [5, 5.41) is 5.97. The van der Waals surface area contributed by atoms with Crippen LogP contribution in [-0.4, -0.2) is 36.5 Å². The van der Waals surface area contributed by atoms with E-state index in [2.05, 4.69) is 12.2 Å². The Morgan fingerprint density at radius 2 is 2.53 bits per heavy atom. The molecular weight excluding hydrogens is 256 g/mol. The molecule has 0 saturated carbocycles. The van der Waals surface area contributed by atoms with Crippen molar-refractivity contribution in [1.82, 2.24) is 10.2 Å². The van der Waals surface area contributed by atoms with E-state index < -0.39 is 0 Å². The fourth-order valence-electron chi connectivity index (χ4n) is 2.07. The molecule has 3 nitrogen and oxygen atoms in total. The Balaban J connectivity index is 1.84. The summed E-state index contributed by atoms with van der Waals surface area (Å²) in [5.41, 5.74) is 0. The van der Waals surface area contributed by atoms with Gasteiger partial charge in [-0.25, -0.2) is 0 Å². The molecule has 0 aromatic carbocycles. The van der Waals surface area contributed by atoms with E-state index in [9.17, 15) is 4.79 Å². The summed E-state index contributed by atoms with van der Waals surface area (Å²) < 4.78 is 0. The van der Waals surface area contributed by atoms with Gasteiger partial charge in [-0.1, -0.05) is 11.6 Å². The van der Waals surface area contributed by atoms with Crippen LogP contribution in [0.2, 0.25) is 5.02 Å². The van der Waals surface area contributed by atoms with Crippen LogP contribution in [0.1, 0.15) is 18.2 Å². The quantitative estimate of drug-likeness (QED) is 0.915. The molecule has 1 N–H and O–H groups in total. The molecule has 1 amide bonds. The van der Waals surface area contributed by atoms with Crippen LogP contribution in [-0.2, 0) is 11.2 Å². The summed E-state index contributed by atoms with van der Waals surface area (Å²) in [6.45, 7) is 4.72. The molecule has 1 atom stereocenters. The van der Waals surface area contributed by atoms with Gasteiger partial charge in [-0.15, -0.1) is 11.3 Å². The van der Waals surface area contributed by atoms with Crippen molar-refractivity contribution in [3.8, 4) is 0 Å². The monoisotopic (exact) mass is 272 g/mol. The van der Waals surface area contributed by atoms with Gasteiger partial charge in [0.2, 0.25) is 5.91 Å². The second-order valence-corrected chi connectivity index (χ2v) is 5.80. The smallest absolute Gasteiger partial charge is 0.223 e. The Labute approximate surface area is 111 Å². The van der Waals surface area contributed by atoms with Crippen LogP contribution >= 0.6 is 22.9 Å². The third kappa shape index (κ3) is 3.44. The van der Waals surface area contributed by atoms with Gasteiger partial charge < -0.3 is 10.2 Å². The maximum Gasteiger partial charge on any atom is 0.223 e. The number of amides is 1. The fourth-order valence-corrected chi connectivity index (χ4v) is 3.15. The number of nitrogens with one attached hydrogen (secondary N) is 1. The van der Waals surface area contributed by atoms with Crippen molar-refractivity contribution < 1.29 is 4.79 Å². The van der Waals surface area contributed by atoms with Crippen molar-refractivity contribution in [3.63, 3.8) is 0 Å². The zero-order valence-electron chi connectivity index (χ0n) is 9.91. The van der Waals surface area contributed by atoms with Gasteiger partial charge in [0.1, 0.15) is 0 Å². The predicted molar refractivity (Wildman–Crippen MR) is 71.7 cm³/mol. The molecule has 1 aromatic rings. The molecular formula is C12H17ClN2OS. The average molecular weight is 273 g/mol. The number of halogens is 1. The molecule has 0 bridgehead atoms. The van der Waals surface area contributed by atoms with Gasteiger partial charge >= 0.3 is 0 Å². The minimum atomic E-state index is 0.253. The van der Waals surface area contributed by atoms with E-state index >= 15 is 0 Å². The van der Waals surface area contributed by atoms with Crippen LogP contribution in [0.15, 0.2) is 11.4 Å². The van der Waals surface area contributed by atoms with Crippen molar-refractivity contribution in [1.29, 1.82) is 0 Å². The van der Waals surface area contributed by atoms with E-state index in [4.69, 9.17) is 11.6 Å². The fraction of sp³-hybridized carbons (Fsp3) is 0.583. The molecule has 1 aliphatic heterocycles. The minimum absolute atomic E-state index is 0.253. The van der Waals surface area contributed by atoms with E-state index in [1.807, 2.05) is 16.3 Å². The Bertz CT molecular complexity index is 394. The summed E-state index contributed by atoms with van der Waals surface area (Å²) >= 11 is 7.48. The molecule has 1 saturated heterocycles. The topological polar surface area (TPSA) is 32.3 Å². The van der Waals surface area contributed by atoms with Crippen LogP contribution in [0.25, 0.3) is 0 Å². The lowest BCUT2D eigenvalue weighted by atomic mass is 10.1. The molecule has 0 aliphatic carbocycles. The highest BCUT2D eigenvalue weighted by molar-refractivity contribution is 7.10. The molecule has 1 aromatic heterocycles. The first-order valence-electron chi connectivity index (χ1n) is 5.90. The van der Waals surface area contributed by atoms with Crippen LogP contribution < -0.4 is 5.32 Å². The molecule has 1 aliphatic rings. The van der Waals surface area contributed by atoms with Gasteiger partial charge in [0.05, 0.1) is 5.02 Å². The zero-order chi connectivity index (χ0) is 12.3. The van der Waals surface area contributed by atoms with Crippen molar-refractivity contribution in [2.24, 2.45) is 0 Å². The Morgan fingerprint density at radius 3 is 3.18 bits per heavy atom. The molecule has 0 radical (unpaired) electrons. The Morgan fingerprint density at radius 1 is 1.71 bits per heavy atom. The SMILES string of the molecule is C[C@@H]1CNCCN1C(=O)CCc1cc(Cl)cs1. The number of nitrogens with zero attached hydrogens (tertiary/aromatic N) is 1. The number of aryl methyl sites for hydroxylation is 1. The van der Waals surface area contributed by atoms with Gasteiger partial charge in [-0.3, -0.25) is 4.79 Å². The van der Waals surface area contributed by atoms with E-state index in [1.165, 1.54) is 4.88 Å². The van der Waals surface area contributed by atoms with Gasteiger partial charge in [0.25, 0.3) is 0 Å². The third-order valence-corrected chi connectivity index (χ3v) is 4.37. The summed E-state index contributed by atoms with van der Waals surface area (Å²) in [4.78, 5) is 15.2. The lowest BCUT2D eigenvalue weighted by Crippen LogP contribution is -2.52. The average Bonchev–Trinajstić information content (AvgIpc) is 2.73. The van der Waals surface area contributed by atoms with Crippen molar-refractivity contribution >= 4 is 28.8 Å². The standard InChI is InChI=1S/C12H17ClN2OS/c1-9-7-14-4-5-15(9)12(16)3-2-11-6-10(13)8-17-11/h6,8-9,14H,2-5,7H2,1H3/t9-/m1/s1. The molecule has 17 heavy (non-hydrogen) atoms. The number of hydrogen-bond acceptors (Lipinski definition) is 3. The van der Waals surface area contributed by atoms with Gasteiger partial charge in [0, 0.05) is 42.4 Å². The minimum Gasteiger partial charge on any atom is -0.337 e. The number of rotatable bonds is 3. The summed E-state index contributed by atoms with van der Waals surface area (Å²) in [7, 11) is 0. The Hall–Kier alpha value is -0.580. The second kappa shape index (κ2) is 5.85. The largest absolute Gasteiger partial charge is 0.337 e. The van der Waals surface area contributed by atoms with Crippen LogP contribution in [0.5, 0.6) is 0 Å². The van der Waals surface area contributed by atoms with E-state index in [1.54, 1.807) is 11.3 Å². The Kier molecular flexibility index (Phi) is 4.42. The summed E-state index contributed by atoms with van der Waals surface area (Å²) in [6, 6.07) is 2.25. The van der Waals surface area contributed by atoms with E-state index in [-0.39, 0.29) is 5.91 Å². The number of carbonyl (C=O) groups excluding carboxylic acids is 1. The maximum absolute atomic E-state index is 12.1. The third-order valence-electron chi connectivity index (χ3n) is 3.03. The van der Waals surface area contributed by atoms with Crippen molar-refractivity contribution in [2.75, 3.05) is 19.6 Å². The highest BCUT2D eigenvalue weighted by Crippen LogP contribution is 2.20. The van der Waals surface area contributed by atoms with Crippen molar-refractivity contribution in [3.05, 3.63) is 21.3 Å². The first kappa shape index (κ1) is 12.9. The molecule has 94 valence electrons. The number of thiophene rings is 1. The van der Waals surface area contributed by atoms with Gasteiger partial charge in [0.15, 0.2) is 0 Å². The molecule has 2 rings (SSSR count). The van der Waals surface area contributed by atoms with Gasteiger partial charge in [-0.05, 0) is 19.4 Å². The van der Waals surface area contributed by atoms with Gasteiger partial charge in [-0.2, -0.15) is 0 Å². The number of hydrogen-bond donors (Lipinski definition) is 1. The molecule has 0 spiro atoms. The van der Waals surface area contributed by atoms with E-state index in [0.717, 1.165) is 31.1 Å². The zero-order valence-corrected chi connectivity index (χ0v) is 11.5. The molecule has 0 unspecified atom stereocenters. The maximum atomic E-state index is 12.1. The first-order valence-corrected chi connectivity index (χ1v) is 7.15. The van der Waals surface area contributed by atoms with E-state index in [0.29, 0.717) is 12.5 Å². The molecule has 1 fully saturated rings. The van der Waals surface area contributed by atoms with Crippen LogP contribution in [0.3, 0.4) is 0 Å². The van der Waals surface area contributed by atoms with Crippen molar-refractivity contribution in [2.45, 2.75) is 25.8 Å². The first-order chi connectivity index (χ1) is 8.16. The normalized spacial score (nSPS) is 20.6. The molecule has 2 heterocycles. The summed E-state index contributed by atoms with van der Waals surface area (Å²) in [5.74, 6) is 0.253. The van der Waals surface area contributed by atoms with Crippen LogP contribution in [0, 0.1) is 0 Å². The summed E-state index contributed by atoms with van der Waals surface area (Å²) in [6.07, 6.45) is 1.38. The highest BCUT2D eigenvalue weighted by Gasteiger charge is 2.22. The predicted octanol–water partition coefficient (Wildman–Crippen LogP) is 2.15. The highest BCUT2D eigenvalue weighted by atomic mass is 35.5. The number of carbonyl (C=O) groups is 1. The number of piperazine rings is 1. The lowest BCUT2D eigenvalue weighted by Gasteiger charge is -2.34. The molecule has 5 heteroatoms. The lowest BCUT2D eigenvalue weighted by molar-refractivity contribution is -0.133.